The summed E-state index contributed by atoms with van der Waals surface area (Å²) in [7, 11) is 0. The maximum absolute atomic E-state index is 13.2. The van der Waals surface area contributed by atoms with Crippen LogP contribution in [0.15, 0.2) is 49.1 Å². The van der Waals surface area contributed by atoms with Crippen molar-refractivity contribution in [3.8, 4) is 0 Å². The molecule has 206 valence electrons. The van der Waals surface area contributed by atoms with Gasteiger partial charge in [0.05, 0.1) is 48.6 Å². The molecule has 3 aromatic rings. The Labute approximate surface area is 220 Å². The molecule has 5 heterocycles. The summed E-state index contributed by atoms with van der Waals surface area (Å²) in [5.74, 6) is -6.54. The van der Waals surface area contributed by atoms with E-state index < -0.39 is 41.5 Å². The van der Waals surface area contributed by atoms with Crippen molar-refractivity contribution in [1.82, 2.24) is 19.7 Å². The number of piperidine rings is 2. The Balaban J connectivity index is 0.000000151. The SMILES string of the molecule is O=C(O)c1cnn(Cc2ccc(N3CC4C(C3)C4(F)F)nc2)c1.OCc1ccc(N2CC3C(C2)C3(F)F)nc1. The molecule has 9 nitrogen and oxygen atoms in total. The zero-order valence-electron chi connectivity index (χ0n) is 20.7. The van der Waals surface area contributed by atoms with Gasteiger partial charge in [-0.2, -0.15) is 5.10 Å². The van der Waals surface area contributed by atoms with E-state index in [1.165, 1.54) is 17.1 Å². The van der Waals surface area contributed by atoms with E-state index >= 15 is 0 Å². The van der Waals surface area contributed by atoms with Gasteiger partial charge in [-0.05, 0) is 23.3 Å². The molecule has 2 aliphatic carbocycles. The average Bonchev–Trinajstić information content (AvgIpc) is 3.44. The predicted molar refractivity (Wildman–Crippen MR) is 131 cm³/mol. The van der Waals surface area contributed by atoms with Crippen LogP contribution in [0, 0.1) is 23.7 Å². The van der Waals surface area contributed by atoms with Crippen LogP contribution < -0.4 is 9.80 Å². The summed E-state index contributed by atoms with van der Waals surface area (Å²) in [6.07, 6.45) is 5.99. The molecule has 0 radical (unpaired) electrons. The molecular formula is C26H26F4N6O3. The number of carboxylic acid groups (broad SMARTS) is 1. The van der Waals surface area contributed by atoms with Crippen LogP contribution in [0.25, 0.3) is 0 Å². The summed E-state index contributed by atoms with van der Waals surface area (Å²) < 4.78 is 53.9. The number of halogens is 4. The molecule has 39 heavy (non-hydrogen) atoms. The number of nitrogens with zero attached hydrogens (tertiary/aromatic N) is 6. The Hall–Kier alpha value is -3.74. The maximum atomic E-state index is 13.2. The van der Waals surface area contributed by atoms with Crippen LogP contribution in [0.5, 0.6) is 0 Å². The van der Waals surface area contributed by atoms with Gasteiger partial charge in [0, 0.05) is 44.8 Å². The van der Waals surface area contributed by atoms with Crippen LogP contribution in [0.1, 0.15) is 21.5 Å². The minimum Gasteiger partial charge on any atom is -0.478 e. The number of aliphatic hydroxyl groups is 1. The second-order valence-electron chi connectivity index (χ2n) is 10.5. The second kappa shape index (κ2) is 9.18. The molecule has 4 atom stereocenters. The van der Waals surface area contributed by atoms with Gasteiger partial charge >= 0.3 is 5.97 Å². The van der Waals surface area contributed by atoms with Crippen molar-refractivity contribution >= 4 is 17.6 Å². The van der Waals surface area contributed by atoms with Crippen LogP contribution in [0.2, 0.25) is 0 Å². The highest BCUT2D eigenvalue weighted by Crippen LogP contribution is 2.60. The smallest absolute Gasteiger partial charge is 0.338 e. The van der Waals surface area contributed by atoms with Gasteiger partial charge in [0.25, 0.3) is 11.8 Å². The number of hydrogen-bond acceptors (Lipinski definition) is 7. The summed E-state index contributed by atoms with van der Waals surface area (Å²) in [5, 5.41) is 21.7. The molecule has 2 aliphatic heterocycles. The first-order chi connectivity index (χ1) is 18.6. The fourth-order valence-electron chi connectivity index (χ4n) is 5.53. The van der Waals surface area contributed by atoms with Gasteiger partial charge < -0.3 is 20.0 Å². The molecule has 0 amide bonds. The van der Waals surface area contributed by atoms with Crippen LogP contribution in [-0.4, -0.2) is 74.0 Å². The second-order valence-corrected chi connectivity index (χ2v) is 10.5. The summed E-state index contributed by atoms with van der Waals surface area (Å²) in [6.45, 7) is 1.85. The Morgan fingerprint density at radius 3 is 1.69 bits per heavy atom. The quantitative estimate of drug-likeness (QED) is 0.455. The van der Waals surface area contributed by atoms with Crippen molar-refractivity contribution in [2.24, 2.45) is 23.7 Å². The highest BCUT2D eigenvalue weighted by molar-refractivity contribution is 5.86. The number of aromatic carboxylic acids is 1. The lowest BCUT2D eigenvalue weighted by Gasteiger charge is -2.20. The van der Waals surface area contributed by atoms with E-state index in [-0.39, 0.29) is 12.2 Å². The van der Waals surface area contributed by atoms with Crippen LogP contribution in [0.3, 0.4) is 0 Å². The first kappa shape index (κ1) is 25.5. The van der Waals surface area contributed by atoms with Gasteiger partial charge in [0.1, 0.15) is 11.6 Å². The third-order valence-corrected chi connectivity index (χ3v) is 8.07. The molecule has 13 heteroatoms. The fourth-order valence-corrected chi connectivity index (χ4v) is 5.53. The van der Waals surface area contributed by atoms with Crippen molar-refractivity contribution in [2.75, 3.05) is 36.0 Å². The van der Waals surface area contributed by atoms with Crippen LogP contribution in [-0.2, 0) is 13.2 Å². The number of hydrogen-bond donors (Lipinski definition) is 2. The third-order valence-electron chi connectivity index (χ3n) is 8.07. The third kappa shape index (κ3) is 4.68. The lowest BCUT2D eigenvalue weighted by atomic mass is 10.2. The average molecular weight is 547 g/mol. The Morgan fingerprint density at radius 2 is 1.31 bits per heavy atom. The minimum atomic E-state index is -2.49. The minimum absolute atomic E-state index is 0.0450. The van der Waals surface area contributed by atoms with Crippen LogP contribution >= 0.6 is 0 Å². The number of carboxylic acids is 1. The molecule has 0 bridgehead atoms. The summed E-state index contributed by atoms with van der Waals surface area (Å²) in [4.78, 5) is 23.1. The summed E-state index contributed by atoms with van der Waals surface area (Å²) in [5.41, 5.74) is 1.73. The topological polar surface area (TPSA) is 108 Å². The molecule has 2 saturated heterocycles. The molecular weight excluding hydrogens is 520 g/mol. The molecule has 3 aromatic heterocycles. The van der Waals surface area contributed by atoms with Gasteiger partial charge in [-0.3, -0.25) is 4.68 Å². The molecule has 4 aliphatic rings. The van der Waals surface area contributed by atoms with Gasteiger partial charge in [-0.25, -0.2) is 32.3 Å². The van der Waals surface area contributed by atoms with E-state index in [2.05, 4.69) is 15.1 Å². The molecule has 2 N–H and O–H groups in total. The number of rotatable bonds is 6. The number of carbonyl (C=O) groups is 1. The van der Waals surface area contributed by atoms with Gasteiger partial charge in [-0.15, -0.1) is 0 Å². The van der Waals surface area contributed by atoms with Crippen LogP contribution in [0.4, 0.5) is 29.2 Å². The van der Waals surface area contributed by atoms with Crippen molar-refractivity contribution in [2.45, 2.75) is 25.0 Å². The summed E-state index contributed by atoms with van der Waals surface area (Å²) in [6, 6.07) is 7.20. The normalized spacial score (nSPS) is 26.9. The number of pyridine rings is 2. The lowest BCUT2D eigenvalue weighted by Crippen LogP contribution is -2.28. The Bertz CT molecular complexity index is 1340. The first-order valence-electron chi connectivity index (χ1n) is 12.6. The van der Waals surface area contributed by atoms with Gasteiger partial charge in [-0.1, -0.05) is 12.1 Å². The Morgan fingerprint density at radius 1 is 0.821 bits per heavy atom. The van der Waals surface area contributed by atoms with E-state index in [1.54, 1.807) is 30.6 Å². The highest BCUT2D eigenvalue weighted by atomic mass is 19.3. The van der Waals surface area contributed by atoms with Crippen molar-refractivity contribution in [3.63, 3.8) is 0 Å². The molecule has 0 spiro atoms. The summed E-state index contributed by atoms with van der Waals surface area (Å²) >= 11 is 0. The fraction of sp³-hybridized carbons (Fsp3) is 0.462. The first-order valence-corrected chi connectivity index (χ1v) is 12.6. The zero-order chi connectivity index (χ0) is 27.5. The number of alkyl halides is 4. The molecule has 2 saturated carbocycles. The molecule has 4 unspecified atom stereocenters. The van der Waals surface area contributed by atoms with Crippen molar-refractivity contribution in [1.29, 1.82) is 0 Å². The number of aromatic nitrogens is 4. The largest absolute Gasteiger partial charge is 0.478 e. The Kier molecular flexibility index (Phi) is 6.01. The van der Waals surface area contributed by atoms with E-state index in [4.69, 9.17) is 10.2 Å². The van der Waals surface area contributed by atoms with Crippen molar-refractivity contribution < 1.29 is 32.6 Å². The number of fused-ring (bicyclic) bond motifs is 2. The van der Waals surface area contributed by atoms with E-state index in [0.29, 0.717) is 38.5 Å². The highest BCUT2D eigenvalue weighted by Gasteiger charge is 2.72. The number of aliphatic hydroxyl groups excluding tert-OH is 1. The maximum Gasteiger partial charge on any atom is 0.338 e. The van der Waals surface area contributed by atoms with E-state index in [9.17, 15) is 22.4 Å². The van der Waals surface area contributed by atoms with E-state index in [0.717, 1.165) is 16.9 Å². The van der Waals surface area contributed by atoms with Gasteiger partial charge in [0.2, 0.25) is 0 Å². The molecule has 7 rings (SSSR count). The van der Waals surface area contributed by atoms with Gasteiger partial charge in [0.15, 0.2) is 0 Å². The van der Waals surface area contributed by atoms with E-state index in [1.807, 2.05) is 15.9 Å². The molecule has 0 aromatic carbocycles. The predicted octanol–water partition coefficient (Wildman–Crippen LogP) is 3.00. The standard InChI is InChI=1S/C15H14F2N4O2.C11H12F2N2O/c16-15(17)11-7-20(8-12(11)15)13-2-1-9(3-18-13)5-21-6-10(4-19-21)14(22)23;12-11(13)8-4-15(5-9(8)11)10-2-1-7(6-16)3-14-10/h1-4,6,11-12H,5,7-8H2,(H,22,23);1-3,8-9,16H,4-6H2. The van der Waals surface area contributed by atoms with Crippen molar-refractivity contribution in [3.05, 3.63) is 65.7 Å². The lowest BCUT2D eigenvalue weighted by molar-refractivity contribution is 0.0695. The number of anilines is 2. The zero-order valence-corrected chi connectivity index (χ0v) is 20.7. The molecule has 4 fully saturated rings. The monoisotopic (exact) mass is 546 g/mol.